The zero-order valence-electron chi connectivity index (χ0n) is 12.3. The van der Waals surface area contributed by atoms with E-state index in [9.17, 15) is 0 Å². The van der Waals surface area contributed by atoms with Gasteiger partial charge in [0, 0.05) is 23.8 Å². The molecule has 1 unspecified atom stereocenters. The summed E-state index contributed by atoms with van der Waals surface area (Å²) in [6, 6.07) is 6.49. The van der Waals surface area contributed by atoms with Crippen LogP contribution in [0.25, 0.3) is 5.69 Å². The van der Waals surface area contributed by atoms with E-state index in [0.717, 1.165) is 21.8 Å². The van der Waals surface area contributed by atoms with Gasteiger partial charge in [-0.05, 0) is 54.4 Å². The van der Waals surface area contributed by atoms with Crippen molar-refractivity contribution >= 4 is 21.9 Å². The number of hydrogen-bond acceptors (Lipinski definition) is 3. The van der Waals surface area contributed by atoms with Crippen molar-refractivity contribution in [3.05, 3.63) is 40.1 Å². The molecular formula is C15H20BrN3O. The number of benzene rings is 1. The molecule has 0 aliphatic carbocycles. The van der Waals surface area contributed by atoms with Crippen LogP contribution in [0.4, 0.5) is 5.95 Å². The van der Waals surface area contributed by atoms with E-state index in [1.165, 1.54) is 5.56 Å². The number of aryl methyl sites for hydroxylation is 2. The number of hydrogen-bond donors (Lipinski definition) is 1. The van der Waals surface area contributed by atoms with Gasteiger partial charge in [-0.2, -0.15) is 0 Å². The van der Waals surface area contributed by atoms with Gasteiger partial charge >= 0.3 is 0 Å². The van der Waals surface area contributed by atoms with Crippen molar-refractivity contribution in [3.63, 3.8) is 0 Å². The van der Waals surface area contributed by atoms with Crippen LogP contribution in [0.2, 0.25) is 0 Å². The van der Waals surface area contributed by atoms with E-state index in [1.54, 1.807) is 7.11 Å². The maximum absolute atomic E-state index is 5.16. The maximum Gasteiger partial charge on any atom is 0.208 e. The summed E-state index contributed by atoms with van der Waals surface area (Å²) in [5.41, 5.74) is 3.27. The van der Waals surface area contributed by atoms with E-state index in [2.05, 4.69) is 62.8 Å². The van der Waals surface area contributed by atoms with Gasteiger partial charge in [-0.3, -0.25) is 4.57 Å². The van der Waals surface area contributed by atoms with Crippen molar-refractivity contribution in [3.8, 4) is 5.69 Å². The number of aromatic nitrogens is 2. The molecule has 1 aromatic heterocycles. The van der Waals surface area contributed by atoms with Crippen molar-refractivity contribution in [1.29, 1.82) is 0 Å². The van der Waals surface area contributed by atoms with Gasteiger partial charge in [-0.25, -0.2) is 4.98 Å². The van der Waals surface area contributed by atoms with E-state index < -0.39 is 0 Å². The second kappa shape index (κ2) is 6.41. The second-order valence-electron chi connectivity index (χ2n) is 5.03. The summed E-state index contributed by atoms with van der Waals surface area (Å²) < 4.78 is 8.27. The Morgan fingerprint density at radius 1 is 1.40 bits per heavy atom. The van der Waals surface area contributed by atoms with Gasteiger partial charge in [0.25, 0.3) is 0 Å². The minimum Gasteiger partial charge on any atom is -0.383 e. The predicted octanol–water partition coefficient (Wildman–Crippen LogP) is 3.70. The summed E-state index contributed by atoms with van der Waals surface area (Å²) in [6.45, 7) is 6.78. The molecule has 1 atom stereocenters. The van der Waals surface area contributed by atoms with Crippen molar-refractivity contribution in [2.24, 2.45) is 0 Å². The molecule has 0 aliphatic rings. The summed E-state index contributed by atoms with van der Waals surface area (Å²) in [6.07, 6.45) is 2.03. The smallest absolute Gasteiger partial charge is 0.208 e. The number of halogens is 1. The molecule has 0 aliphatic heterocycles. The first-order valence-electron chi connectivity index (χ1n) is 6.59. The molecule has 1 aromatic carbocycles. The maximum atomic E-state index is 5.16. The van der Waals surface area contributed by atoms with Crippen molar-refractivity contribution in [1.82, 2.24) is 9.55 Å². The summed E-state index contributed by atoms with van der Waals surface area (Å²) in [4.78, 5) is 4.55. The summed E-state index contributed by atoms with van der Waals surface area (Å²) >= 11 is 3.62. The Morgan fingerprint density at radius 3 is 2.80 bits per heavy atom. The lowest BCUT2D eigenvalue weighted by Crippen LogP contribution is -2.22. The minimum absolute atomic E-state index is 0.199. The number of nitrogens with zero attached hydrogens (tertiary/aromatic N) is 2. The number of rotatable bonds is 5. The molecule has 2 rings (SSSR count). The fraction of sp³-hybridized carbons (Fsp3) is 0.400. The van der Waals surface area contributed by atoms with Crippen LogP contribution >= 0.6 is 15.9 Å². The topological polar surface area (TPSA) is 39.1 Å². The largest absolute Gasteiger partial charge is 0.383 e. The van der Waals surface area contributed by atoms with E-state index >= 15 is 0 Å². The Labute approximate surface area is 128 Å². The Hall–Kier alpha value is -1.33. The molecule has 0 saturated carbocycles. The second-order valence-corrected chi connectivity index (χ2v) is 5.89. The van der Waals surface area contributed by atoms with Crippen LogP contribution in [-0.2, 0) is 4.74 Å². The molecule has 20 heavy (non-hydrogen) atoms. The monoisotopic (exact) mass is 337 g/mol. The average molecular weight is 338 g/mol. The predicted molar refractivity (Wildman–Crippen MR) is 85.7 cm³/mol. The molecule has 1 heterocycles. The minimum atomic E-state index is 0.199. The van der Waals surface area contributed by atoms with E-state index in [4.69, 9.17) is 4.74 Å². The fourth-order valence-electron chi connectivity index (χ4n) is 2.10. The molecule has 0 amide bonds. The van der Waals surface area contributed by atoms with E-state index in [0.29, 0.717) is 6.61 Å². The first-order chi connectivity index (χ1) is 9.51. The van der Waals surface area contributed by atoms with Crippen LogP contribution < -0.4 is 5.32 Å². The third-order valence-electron chi connectivity index (χ3n) is 2.98. The first-order valence-corrected chi connectivity index (χ1v) is 7.38. The van der Waals surface area contributed by atoms with Crippen LogP contribution in [0.3, 0.4) is 0 Å². The van der Waals surface area contributed by atoms with Crippen molar-refractivity contribution < 1.29 is 4.74 Å². The van der Waals surface area contributed by atoms with Gasteiger partial charge in [0.15, 0.2) is 0 Å². The van der Waals surface area contributed by atoms with Gasteiger partial charge in [-0.15, -0.1) is 0 Å². The molecule has 0 fully saturated rings. The molecule has 5 heteroatoms. The summed E-state index contributed by atoms with van der Waals surface area (Å²) in [7, 11) is 1.70. The lowest BCUT2D eigenvalue weighted by atomic mass is 10.2. The van der Waals surface area contributed by atoms with Crippen LogP contribution in [0.5, 0.6) is 0 Å². The Kier molecular flexibility index (Phi) is 4.83. The number of anilines is 1. The molecule has 0 bridgehead atoms. The standard InChI is InChI=1S/C15H20BrN3O/c1-10-5-6-14(13(16)7-10)19-8-11(2)17-15(19)18-12(3)9-20-4/h5-8,12H,9H2,1-4H3,(H,17,18). The van der Waals surface area contributed by atoms with Crippen molar-refractivity contribution in [2.75, 3.05) is 19.0 Å². The van der Waals surface area contributed by atoms with Gasteiger partial charge in [0.2, 0.25) is 5.95 Å². The van der Waals surface area contributed by atoms with Crippen molar-refractivity contribution in [2.45, 2.75) is 26.8 Å². The zero-order valence-corrected chi connectivity index (χ0v) is 13.9. The third-order valence-corrected chi connectivity index (χ3v) is 3.62. The summed E-state index contributed by atoms with van der Waals surface area (Å²) in [5.74, 6) is 0.830. The normalized spacial score (nSPS) is 12.4. The van der Waals surface area contributed by atoms with Gasteiger partial charge in [-0.1, -0.05) is 6.07 Å². The molecule has 4 nitrogen and oxygen atoms in total. The molecular weight excluding hydrogens is 318 g/mol. The van der Waals surface area contributed by atoms with Crippen LogP contribution in [0, 0.1) is 13.8 Å². The highest BCUT2D eigenvalue weighted by molar-refractivity contribution is 9.10. The molecule has 108 valence electrons. The average Bonchev–Trinajstić information content (AvgIpc) is 2.70. The Morgan fingerprint density at radius 2 is 2.15 bits per heavy atom. The highest BCUT2D eigenvalue weighted by Gasteiger charge is 2.12. The zero-order chi connectivity index (χ0) is 14.7. The van der Waals surface area contributed by atoms with Crippen LogP contribution in [0.1, 0.15) is 18.2 Å². The highest BCUT2D eigenvalue weighted by atomic mass is 79.9. The lowest BCUT2D eigenvalue weighted by Gasteiger charge is -2.16. The third kappa shape index (κ3) is 3.41. The first kappa shape index (κ1) is 15.1. The molecule has 1 N–H and O–H groups in total. The number of nitrogens with one attached hydrogen (secondary N) is 1. The Bertz CT molecular complexity index is 595. The van der Waals surface area contributed by atoms with E-state index in [-0.39, 0.29) is 6.04 Å². The van der Waals surface area contributed by atoms with Crippen LogP contribution in [-0.4, -0.2) is 29.3 Å². The number of ether oxygens (including phenoxy) is 1. The van der Waals surface area contributed by atoms with Gasteiger partial charge < -0.3 is 10.1 Å². The lowest BCUT2D eigenvalue weighted by molar-refractivity contribution is 0.190. The molecule has 2 aromatic rings. The molecule has 0 saturated heterocycles. The van der Waals surface area contributed by atoms with E-state index in [1.807, 2.05) is 13.1 Å². The SMILES string of the molecule is COCC(C)Nc1nc(C)cn1-c1ccc(C)cc1Br. The summed E-state index contributed by atoms with van der Waals surface area (Å²) in [5, 5.41) is 3.38. The van der Waals surface area contributed by atoms with Crippen LogP contribution in [0.15, 0.2) is 28.9 Å². The number of imidazole rings is 1. The number of methoxy groups -OCH3 is 1. The quantitative estimate of drug-likeness (QED) is 0.904. The molecule has 0 spiro atoms. The fourth-order valence-corrected chi connectivity index (χ4v) is 2.79. The van der Waals surface area contributed by atoms with Gasteiger partial charge in [0.05, 0.1) is 18.0 Å². The highest BCUT2D eigenvalue weighted by Crippen LogP contribution is 2.26. The van der Waals surface area contributed by atoms with Gasteiger partial charge in [0.1, 0.15) is 0 Å². The Balaban J connectivity index is 2.36. The molecule has 0 radical (unpaired) electrons.